The molecule has 0 saturated heterocycles. The highest BCUT2D eigenvalue weighted by molar-refractivity contribution is 6.40. The second-order valence-electron chi connectivity index (χ2n) is 9.82. The summed E-state index contributed by atoms with van der Waals surface area (Å²) in [6.45, 7) is 0. The summed E-state index contributed by atoms with van der Waals surface area (Å²) in [6, 6.07) is 19.3. The highest BCUT2D eigenvalue weighted by atomic mass is 16.3. The molecule has 0 unspecified atom stereocenters. The zero-order valence-corrected chi connectivity index (χ0v) is 18.8. The second kappa shape index (κ2) is 7.51. The van der Waals surface area contributed by atoms with Crippen LogP contribution in [-0.2, 0) is 5.21 Å². The van der Waals surface area contributed by atoms with Gasteiger partial charge in [-0.15, -0.1) is 0 Å². The molecule has 0 atom stereocenters. The van der Waals surface area contributed by atoms with Crippen LogP contribution >= 0.6 is 0 Å². The summed E-state index contributed by atoms with van der Waals surface area (Å²) in [7, 11) is 4.82. The Labute approximate surface area is 190 Å². The first-order valence-corrected chi connectivity index (χ1v) is 11.8. The topological polar surface area (TPSA) is 38.9 Å². The van der Waals surface area contributed by atoms with E-state index in [1.165, 1.54) is 43.1 Å². The third-order valence-electron chi connectivity index (χ3n) is 7.65. The predicted octanol–water partition coefficient (Wildman–Crippen LogP) is 5.20. The van der Waals surface area contributed by atoms with Gasteiger partial charge in [0, 0.05) is 28.7 Å². The highest BCUT2D eigenvalue weighted by Crippen LogP contribution is 2.39. The maximum atomic E-state index is 6.08. The van der Waals surface area contributed by atoms with Gasteiger partial charge in [0.05, 0.1) is 11.1 Å². The van der Waals surface area contributed by atoms with Crippen LogP contribution in [0.2, 0.25) is 0 Å². The van der Waals surface area contributed by atoms with E-state index in [-0.39, 0.29) is 5.21 Å². The molecule has 1 aliphatic carbocycles. The second-order valence-corrected chi connectivity index (χ2v) is 9.82. The van der Waals surface area contributed by atoms with Crippen LogP contribution in [0.4, 0.5) is 0 Å². The van der Waals surface area contributed by atoms with Gasteiger partial charge in [-0.05, 0) is 41.6 Å². The van der Waals surface area contributed by atoms with Gasteiger partial charge in [-0.3, -0.25) is 4.98 Å². The standard InChI is InChI=1S/C27H26B2N2O/c28-27(29,19-7-2-1-3-8-19)20-12-13-30-23(15-20)17-10-11-24-22(14-17)25-21-9-5-4-6-18(21)16-31-26(25)32-24/h4-6,9-16,19H,1-3,7-8,28-29H2. The van der Waals surface area contributed by atoms with Crippen LogP contribution in [0.5, 0.6) is 0 Å². The van der Waals surface area contributed by atoms with Crippen molar-refractivity contribution in [2.75, 3.05) is 0 Å². The Morgan fingerprint density at radius 3 is 2.59 bits per heavy atom. The molecule has 0 radical (unpaired) electrons. The maximum Gasteiger partial charge on any atom is 0.227 e. The lowest BCUT2D eigenvalue weighted by molar-refractivity contribution is 0.327. The van der Waals surface area contributed by atoms with Crippen molar-refractivity contribution >= 4 is 48.5 Å². The van der Waals surface area contributed by atoms with Crippen molar-refractivity contribution < 1.29 is 4.42 Å². The molecule has 1 saturated carbocycles. The molecular weight excluding hydrogens is 390 g/mol. The number of furan rings is 1. The number of hydrogen-bond donors (Lipinski definition) is 0. The fourth-order valence-corrected chi connectivity index (χ4v) is 5.61. The van der Waals surface area contributed by atoms with Crippen LogP contribution < -0.4 is 0 Å². The van der Waals surface area contributed by atoms with Crippen LogP contribution in [0.3, 0.4) is 0 Å². The smallest absolute Gasteiger partial charge is 0.227 e. The minimum Gasteiger partial charge on any atom is -0.438 e. The summed E-state index contributed by atoms with van der Waals surface area (Å²) in [5.74, 6) is 0.740. The van der Waals surface area contributed by atoms with E-state index in [0.717, 1.165) is 38.9 Å². The van der Waals surface area contributed by atoms with Gasteiger partial charge in [0.25, 0.3) is 0 Å². The van der Waals surface area contributed by atoms with Gasteiger partial charge in [0.15, 0.2) is 0 Å². The normalized spacial score (nSPS) is 15.6. The molecule has 2 aromatic carbocycles. The van der Waals surface area contributed by atoms with Gasteiger partial charge in [0.2, 0.25) is 5.71 Å². The van der Waals surface area contributed by atoms with Gasteiger partial charge in [-0.25, -0.2) is 4.98 Å². The molecule has 156 valence electrons. The maximum absolute atomic E-state index is 6.08. The largest absolute Gasteiger partial charge is 0.438 e. The zero-order valence-electron chi connectivity index (χ0n) is 18.8. The van der Waals surface area contributed by atoms with Crippen LogP contribution in [0.25, 0.3) is 44.1 Å². The summed E-state index contributed by atoms with van der Waals surface area (Å²) < 4.78 is 6.08. The van der Waals surface area contributed by atoms with Crippen LogP contribution in [0.1, 0.15) is 37.7 Å². The molecule has 32 heavy (non-hydrogen) atoms. The Kier molecular flexibility index (Phi) is 4.60. The monoisotopic (exact) mass is 416 g/mol. The van der Waals surface area contributed by atoms with Gasteiger partial charge in [-0.2, -0.15) is 0 Å². The first-order chi connectivity index (χ1) is 15.6. The van der Waals surface area contributed by atoms with Crippen molar-refractivity contribution in [2.45, 2.75) is 37.3 Å². The minimum atomic E-state index is 0.157. The Hall–Kier alpha value is -3.07. The Morgan fingerprint density at radius 1 is 0.875 bits per heavy atom. The molecule has 1 aliphatic rings. The lowest BCUT2D eigenvalue weighted by atomic mass is 9.43. The van der Waals surface area contributed by atoms with Crippen molar-refractivity contribution in [1.82, 2.24) is 9.97 Å². The third-order valence-corrected chi connectivity index (χ3v) is 7.65. The minimum absolute atomic E-state index is 0.157. The van der Waals surface area contributed by atoms with Crippen molar-refractivity contribution in [3.8, 4) is 11.3 Å². The summed E-state index contributed by atoms with van der Waals surface area (Å²) in [5, 5.41) is 4.64. The Morgan fingerprint density at radius 2 is 1.72 bits per heavy atom. The van der Waals surface area contributed by atoms with E-state index in [2.05, 4.69) is 69.2 Å². The summed E-state index contributed by atoms with van der Waals surface area (Å²) in [5.41, 5.74) is 5.09. The number of nitrogens with zero attached hydrogens (tertiary/aromatic N) is 2. The van der Waals surface area contributed by atoms with E-state index in [9.17, 15) is 0 Å². The highest BCUT2D eigenvalue weighted by Gasteiger charge is 2.32. The van der Waals surface area contributed by atoms with Crippen molar-refractivity contribution in [3.63, 3.8) is 0 Å². The van der Waals surface area contributed by atoms with E-state index >= 15 is 0 Å². The van der Waals surface area contributed by atoms with E-state index in [0.29, 0.717) is 5.71 Å². The van der Waals surface area contributed by atoms with Crippen LogP contribution in [0, 0.1) is 5.92 Å². The number of benzene rings is 2. The fourth-order valence-electron chi connectivity index (χ4n) is 5.61. The first-order valence-electron chi connectivity index (χ1n) is 11.8. The predicted molar refractivity (Wildman–Crippen MR) is 138 cm³/mol. The lowest BCUT2D eigenvalue weighted by Crippen LogP contribution is -2.37. The van der Waals surface area contributed by atoms with Gasteiger partial charge < -0.3 is 4.42 Å². The summed E-state index contributed by atoms with van der Waals surface area (Å²) in [4.78, 5) is 9.32. The molecule has 0 aliphatic heterocycles. The molecule has 0 spiro atoms. The number of hydrogen-bond acceptors (Lipinski definition) is 3. The average Bonchev–Trinajstić information content (AvgIpc) is 3.23. The summed E-state index contributed by atoms with van der Waals surface area (Å²) in [6.07, 6.45) is 10.6. The Bertz CT molecular complexity index is 1450. The van der Waals surface area contributed by atoms with E-state index in [4.69, 9.17) is 9.40 Å². The Balaban J connectivity index is 1.48. The molecule has 3 aromatic heterocycles. The lowest BCUT2D eigenvalue weighted by Gasteiger charge is -2.38. The van der Waals surface area contributed by atoms with E-state index in [1.807, 2.05) is 18.5 Å². The van der Waals surface area contributed by atoms with Gasteiger partial charge >= 0.3 is 0 Å². The number of aromatic nitrogens is 2. The quantitative estimate of drug-likeness (QED) is 0.380. The molecule has 0 bridgehead atoms. The molecule has 3 nitrogen and oxygen atoms in total. The summed E-state index contributed by atoms with van der Waals surface area (Å²) >= 11 is 0. The average molecular weight is 416 g/mol. The molecular formula is C27H26B2N2O. The number of rotatable bonds is 3. The molecule has 0 N–H and O–H groups in total. The van der Waals surface area contributed by atoms with Crippen LogP contribution in [0.15, 0.2) is 71.4 Å². The SMILES string of the molecule is BC(B)(c1ccnc(-c2ccc3oc4ncc5ccccc5c4c3c2)c1)C1CCCCC1. The van der Waals surface area contributed by atoms with E-state index in [1.54, 1.807) is 0 Å². The number of fused-ring (bicyclic) bond motifs is 5. The molecule has 6 rings (SSSR count). The van der Waals surface area contributed by atoms with Crippen molar-refractivity contribution in [2.24, 2.45) is 5.92 Å². The molecule has 1 fully saturated rings. The fraction of sp³-hybridized carbons (Fsp3) is 0.259. The zero-order chi connectivity index (χ0) is 21.7. The molecule has 3 heterocycles. The molecule has 5 aromatic rings. The number of pyridine rings is 2. The molecule has 0 amide bonds. The van der Waals surface area contributed by atoms with Crippen molar-refractivity contribution in [1.29, 1.82) is 0 Å². The van der Waals surface area contributed by atoms with E-state index < -0.39 is 0 Å². The van der Waals surface area contributed by atoms with Crippen LogP contribution in [-0.4, -0.2) is 25.7 Å². The third kappa shape index (κ3) is 3.14. The van der Waals surface area contributed by atoms with Gasteiger partial charge in [0.1, 0.15) is 21.3 Å². The molecule has 5 heteroatoms. The van der Waals surface area contributed by atoms with Gasteiger partial charge in [-0.1, -0.05) is 67.1 Å². The first kappa shape index (κ1) is 19.6. The van der Waals surface area contributed by atoms with Crippen molar-refractivity contribution in [3.05, 3.63) is 72.6 Å².